The monoisotopic (exact) mass is 266 g/mol. The van der Waals surface area contributed by atoms with Gasteiger partial charge in [-0.2, -0.15) is 0 Å². The molecule has 1 atom stereocenters. The maximum absolute atomic E-state index is 11.9. The molecule has 0 saturated carbocycles. The van der Waals surface area contributed by atoms with Crippen molar-refractivity contribution >= 4 is 5.91 Å². The summed E-state index contributed by atoms with van der Waals surface area (Å²) in [6.45, 7) is 7.84. The minimum Gasteiger partial charge on any atom is -0.489 e. The fourth-order valence-electron chi connectivity index (χ4n) is 1.41. The highest BCUT2D eigenvalue weighted by molar-refractivity contribution is 5.94. The fourth-order valence-corrected chi connectivity index (χ4v) is 1.41. The van der Waals surface area contributed by atoms with Gasteiger partial charge in [0.2, 0.25) is 0 Å². The van der Waals surface area contributed by atoms with Crippen molar-refractivity contribution in [2.75, 3.05) is 6.54 Å². The van der Waals surface area contributed by atoms with Gasteiger partial charge in [0.25, 0.3) is 5.91 Å². The van der Waals surface area contributed by atoms with E-state index >= 15 is 0 Å². The number of amides is 1. The van der Waals surface area contributed by atoms with E-state index in [2.05, 4.69) is 10.3 Å². The molecule has 1 rings (SSSR count). The quantitative estimate of drug-likeness (QED) is 0.820. The molecule has 1 unspecified atom stereocenters. The van der Waals surface area contributed by atoms with E-state index in [1.165, 1.54) is 6.20 Å². The molecular weight excluding hydrogens is 244 g/mol. The van der Waals surface area contributed by atoms with Crippen LogP contribution in [0.2, 0.25) is 0 Å². The molecule has 19 heavy (non-hydrogen) atoms. The molecule has 0 fully saturated rings. The second kappa shape index (κ2) is 7.09. The summed E-state index contributed by atoms with van der Waals surface area (Å²) in [6, 6.07) is 1.64. The van der Waals surface area contributed by atoms with E-state index < -0.39 is 6.10 Å². The van der Waals surface area contributed by atoms with Crippen molar-refractivity contribution in [2.24, 2.45) is 5.92 Å². The van der Waals surface area contributed by atoms with Gasteiger partial charge in [0.05, 0.1) is 24.0 Å². The first-order valence-electron chi connectivity index (χ1n) is 6.48. The van der Waals surface area contributed by atoms with Crippen molar-refractivity contribution in [3.63, 3.8) is 0 Å². The van der Waals surface area contributed by atoms with Crippen LogP contribution in [-0.2, 0) is 0 Å². The van der Waals surface area contributed by atoms with Gasteiger partial charge in [-0.25, -0.2) is 0 Å². The topological polar surface area (TPSA) is 71.5 Å². The molecule has 5 heteroatoms. The number of rotatable bonds is 6. The van der Waals surface area contributed by atoms with E-state index in [1.54, 1.807) is 12.3 Å². The number of aromatic nitrogens is 1. The minimum atomic E-state index is -0.549. The number of aliphatic hydroxyl groups excluding tert-OH is 1. The molecular formula is C14H22N2O3. The van der Waals surface area contributed by atoms with Gasteiger partial charge in [-0.1, -0.05) is 13.8 Å². The first-order chi connectivity index (χ1) is 8.90. The molecule has 0 bridgehead atoms. The number of ether oxygens (including phenoxy) is 1. The fraction of sp³-hybridized carbons (Fsp3) is 0.571. The largest absolute Gasteiger partial charge is 0.489 e. The van der Waals surface area contributed by atoms with Crippen LogP contribution in [-0.4, -0.2) is 34.8 Å². The van der Waals surface area contributed by atoms with Gasteiger partial charge in [0.1, 0.15) is 5.75 Å². The van der Waals surface area contributed by atoms with E-state index in [1.807, 2.05) is 27.7 Å². The van der Waals surface area contributed by atoms with E-state index in [9.17, 15) is 9.90 Å². The summed E-state index contributed by atoms with van der Waals surface area (Å²) in [4.78, 5) is 15.9. The van der Waals surface area contributed by atoms with Gasteiger partial charge in [-0.05, 0) is 25.8 Å². The number of aliphatic hydroxyl groups is 1. The SMILES string of the molecule is CC(C)Oc1cncc(C(=O)NCC(O)C(C)C)c1. The van der Waals surface area contributed by atoms with Gasteiger partial charge in [-0.15, -0.1) is 0 Å². The van der Waals surface area contributed by atoms with Crippen LogP contribution in [0.4, 0.5) is 0 Å². The van der Waals surface area contributed by atoms with E-state index in [4.69, 9.17) is 4.74 Å². The Hall–Kier alpha value is -1.62. The van der Waals surface area contributed by atoms with Crippen LogP contribution in [0.3, 0.4) is 0 Å². The number of hydrogen-bond acceptors (Lipinski definition) is 4. The van der Waals surface area contributed by atoms with Crippen LogP contribution in [0.1, 0.15) is 38.1 Å². The highest BCUT2D eigenvalue weighted by atomic mass is 16.5. The van der Waals surface area contributed by atoms with Crippen molar-refractivity contribution in [2.45, 2.75) is 39.9 Å². The van der Waals surface area contributed by atoms with Crippen LogP contribution in [0.5, 0.6) is 5.75 Å². The zero-order valence-electron chi connectivity index (χ0n) is 11.9. The first kappa shape index (κ1) is 15.4. The Kier molecular flexibility index (Phi) is 5.76. The summed E-state index contributed by atoms with van der Waals surface area (Å²) in [7, 11) is 0. The third-order valence-electron chi connectivity index (χ3n) is 2.59. The molecule has 0 spiro atoms. The van der Waals surface area contributed by atoms with Crippen LogP contribution < -0.4 is 10.1 Å². The molecule has 2 N–H and O–H groups in total. The second-order valence-electron chi connectivity index (χ2n) is 5.10. The molecule has 1 heterocycles. The Balaban J connectivity index is 2.61. The van der Waals surface area contributed by atoms with Crippen LogP contribution in [0.15, 0.2) is 18.5 Å². The number of carbonyl (C=O) groups is 1. The maximum atomic E-state index is 11.9. The number of nitrogens with one attached hydrogen (secondary N) is 1. The lowest BCUT2D eigenvalue weighted by Crippen LogP contribution is -2.34. The van der Waals surface area contributed by atoms with Crippen LogP contribution >= 0.6 is 0 Å². The molecule has 1 aromatic rings. The van der Waals surface area contributed by atoms with Gasteiger partial charge >= 0.3 is 0 Å². The highest BCUT2D eigenvalue weighted by Gasteiger charge is 2.13. The predicted octanol–water partition coefficient (Wildman–Crippen LogP) is 1.62. The predicted molar refractivity (Wildman–Crippen MR) is 73.2 cm³/mol. The Morgan fingerprint density at radius 2 is 2.05 bits per heavy atom. The van der Waals surface area contributed by atoms with Gasteiger partial charge < -0.3 is 15.2 Å². The number of nitrogens with zero attached hydrogens (tertiary/aromatic N) is 1. The van der Waals surface area contributed by atoms with Gasteiger partial charge in [-0.3, -0.25) is 9.78 Å². The summed E-state index contributed by atoms with van der Waals surface area (Å²) >= 11 is 0. The van der Waals surface area contributed by atoms with E-state index in [0.717, 1.165) is 0 Å². The van der Waals surface area contributed by atoms with Crippen molar-refractivity contribution in [3.05, 3.63) is 24.0 Å². The molecule has 0 aliphatic carbocycles. The first-order valence-corrected chi connectivity index (χ1v) is 6.48. The Morgan fingerprint density at radius 1 is 1.37 bits per heavy atom. The lowest BCUT2D eigenvalue weighted by Gasteiger charge is -2.15. The Bertz CT molecular complexity index is 419. The molecule has 0 radical (unpaired) electrons. The van der Waals surface area contributed by atoms with Crippen molar-refractivity contribution in [1.82, 2.24) is 10.3 Å². The highest BCUT2D eigenvalue weighted by Crippen LogP contribution is 2.13. The Morgan fingerprint density at radius 3 is 2.63 bits per heavy atom. The summed E-state index contributed by atoms with van der Waals surface area (Å²) in [5.41, 5.74) is 0.425. The molecule has 0 aromatic carbocycles. The second-order valence-corrected chi connectivity index (χ2v) is 5.10. The molecule has 106 valence electrons. The third-order valence-corrected chi connectivity index (χ3v) is 2.59. The molecule has 0 aliphatic heterocycles. The van der Waals surface area contributed by atoms with Crippen molar-refractivity contribution in [3.8, 4) is 5.75 Å². The number of pyridine rings is 1. The average molecular weight is 266 g/mol. The van der Waals surface area contributed by atoms with Crippen LogP contribution in [0, 0.1) is 5.92 Å². The third kappa shape index (κ3) is 5.26. The zero-order valence-corrected chi connectivity index (χ0v) is 11.9. The molecule has 1 aromatic heterocycles. The number of carbonyl (C=O) groups excluding carboxylic acids is 1. The maximum Gasteiger partial charge on any atom is 0.253 e. The minimum absolute atomic E-state index is 0.0304. The lowest BCUT2D eigenvalue weighted by molar-refractivity contribution is 0.0870. The molecule has 1 amide bonds. The summed E-state index contributed by atoms with van der Waals surface area (Å²) < 4.78 is 5.48. The normalized spacial score (nSPS) is 12.6. The van der Waals surface area contributed by atoms with Gasteiger partial charge in [0, 0.05) is 12.7 Å². The van der Waals surface area contributed by atoms with E-state index in [0.29, 0.717) is 11.3 Å². The summed E-state index contributed by atoms with van der Waals surface area (Å²) in [5.74, 6) is 0.405. The smallest absolute Gasteiger partial charge is 0.253 e. The zero-order chi connectivity index (χ0) is 14.4. The standard InChI is InChI=1S/C14H22N2O3/c1-9(2)13(17)8-16-14(18)11-5-12(7-15-6-11)19-10(3)4/h5-7,9-10,13,17H,8H2,1-4H3,(H,16,18). The molecule has 5 nitrogen and oxygen atoms in total. The molecule has 0 aliphatic rings. The van der Waals surface area contributed by atoms with Crippen molar-refractivity contribution < 1.29 is 14.6 Å². The molecule has 0 saturated heterocycles. The van der Waals surface area contributed by atoms with E-state index in [-0.39, 0.29) is 24.5 Å². The average Bonchev–Trinajstić information content (AvgIpc) is 2.34. The summed E-state index contributed by atoms with van der Waals surface area (Å²) in [6.07, 6.45) is 2.53. The van der Waals surface area contributed by atoms with Crippen LogP contribution in [0.25, 0.3) is 0 Å². The Labute approximate surface area is 114 Å². The lowest BCUT2D eigenvalue weighted by atomic mass is 10.1. The van der Waals surface area contributed by atoms with Gasteiger partial charge in [0.15, 0.2) is 0 Å². The van der Waals surface area contributed by atoms with Crippen molar-refractivity contribution in [1.29, 1.82) is 0 Å². The summed E-state index contributed by atoms with van der Waals surface area (Å²) in [5, 5.41) is 12.3. The number of hydrogen-bond donors (Lipinski definition) is 2.